The quantitative estimate of drug-likeness (QED) is 0.662. The smallest absolute Gasteiger partial charge is 0.306 e. The van der Waals surface area contributed by atoms with Gasteiger partial charge in [-0.15, -0.1) is 0 Å². The fraction of sp³-hybridized carbons (Fsp3) is 0.909. The van der Waals surface area contributed by atoms with Gasteiger partial charge < -0.3 is 10.1 Å². The molecule has 19 heavy (non-hydrogen) atoms. The van der Waals surface area contributed by atoms with Crippen molar-refractivity contribution in [2.45, 2.75) is 25.3 Å². The molecule has 1 heterocycles. The molecule has 0 radical (unpaired) electrons. The van der Waals surface area contributed by atoms with E-state index in [-0.39, 0.29) is 19.0 Å². The highest BCUT2D eigenvalue weighted by molar-refractivity contribution is 7.86. The van der Waals surface area contributed by atoms with Crippen LogP contribution in [0.5, 0.6) is 0 Å². The predicted octanol–water partition coefficient (Wildman–Crippen LogP) is -0.590. The summed E-state index contributed by atoms with van der Waals surface area (Å²) in [6.07, 6.45) is 1.67. The lowest BCUT2D eigenvalue weighted by Crippen LogP contribution is -2.49. The van der Waals surface area contributed by atoms with Crippen molar-refractivity contribution in [3.63, 3.8) is 0 Å². The van der Waals surface area contributed by atoms with Gasteiger partial charge in [-0.25, -0.2) is 0 Å². The van der Waals surface area contributed by atoms with Gasteiger partial charge in [0.05, 0.1) is 13.5 Å². The maximum atomic E-state index is 12.3. The highest BCUT2D eigenvalue weighted by Crippen LogP contribution is 2.16. The normalized spacial score (nSPS) is 17.9. The molecule has 1 saturated heterocycles. The minimum absolute atomic E-state index is 0.0202. The molecule has 1 rings (SSSR count). The van der Waals surface area contributed by atoms with Crippen LogP contribution >= 0.6 is 0 Å². The number of methoxy groups -OCH3 is 1. The number of rotatable bonds is 6. The van der Waals surface area contributed by atoms with Crippen molar-refractivity contribution in [1.82, 2.24) is 13.9 Å². The van der Waals surface area contributed by atoms with Crippen LogP contribution in [0.1, 0.15) is 19.3 Å². The molecule has 1 N–H and O–H groups in total. The van der Waals surface area contributed by atoms with Gasteiger partial charge in [0.25, 0.3) is 10.2 Å². The van der Waals surface area contributed by atoms with E-state index in [4.69, 9.17) is 0 Å². The number of hydrogen-bond acceptors (Lipinski definition) is 5. The Morgan fingerprint density at radius 1 is 1.32 bits per heavy atom. The Morgan fingerprint density at radius 2 is 1.89 bits per heavy atom. The largest absolute Gasteiger partial charge is 0.469 e. The number of piperidine rings is 1. The highest BCUT2D eigenvalue weighted by Gasteiger charge is 2.30. The van der Waals surface area contributed by atoms with Crippen LogP contribution in [-0.2, 0) is 19.7 Å². The summed E-state index contributed by atoms with van der Waals surface area (Å²) in [7, 11) is 0.857. The van der Waals surface area contributed by atoms with E-state index in [1.165, 1.54) is 22.8 Å². The van der Waals surface area contributed by atoms with Gasteiger partial charge in [-0.05, 0) is 25.9 Å². The average molecular weight is 293 g/mol. The lowest BCUT2D eigenvalue weighted by Gasteiger charge is -2.33. The molecule has 0 amide bonds. The van der Waals surface area contributed by atoms with Crippen molar-refractivity contribution in [3.8, 4) is 0 Å². The predicted molar refractivity (Wildman–Crippen MR) is 71.8 cm³/mol. The molecule has 0 unspecified atom stereocenters. The summed E-state index contributed by atoms with van der Waals surface area (Å²) in [5.41, 5.74) is 0. The molecule has 7 nitrogen and oxygen atoms in total. The fourth-order valence-corrected chi connectivity index (χ4v) is 3.39. The summed E-state index contributed by atoms with van der Waals surface area (Å²) in [6.45, 7) is 1.79. The van der Waals surface area contributed by atoms with Crippen LogP contribution < -0.4 is 5.32 Å². The summed E-state index contributed by atoms with van der Waals surface area (Å²) in [4.78, 5) is 11.0. The summed E-state index contributed by atoms with van der Waals surface area (Å²) in [5.74, 6) is -0.411. The molecule has 0 aromatic carbocycles. The number of ether oxygens (including phenoxy) is 1. The number of carbonyl (C=O) groups excluding carboxylic acids is 1. The van der Waals surface area contributed by atoms with Crippen LogP contribution in [0.15, 0.2) is 0 Å². The number of esters is 1. The van der Waals surface area contributed by atoms with E-state index in [0.29, 0.717) is 0 Å². The van der Waals surface area contributed by atoms with E-state index >= 15 is 0 Å². The lowest BCUT2D eigenvalue weighted by atomic mass is 10.1. The summed E-state index contributed by atoms with van der Waals surface area (Å²) < 4.78 is 31.7. The average Bonchev–Trinajstić information content (AvgIpc) is 2.44. The topological polar surface area (TPSA) is 79.0 Å². The second-order valence-electron chi connectivity index (χ2n) is 4.65. The molecule has 1 aliphatic heterocycles. The van der Waals surface area contributed by atoms with E-state index in [9.17, 15) is 13.2 Å². The monoisotopic (exact) mass is 293 g/mol. The Morgan fingerprint density at radius 3 is 2.42 bits per heavy atom. The molecule has 0 aromatic rings. The van der Waals surface area contributed by atoms with Crippen LogP contribution in [0, 0.1) is 0 Å². The van der Waals surface area contributed by atoms with E-state index in [0.717, 1.165) is 25.9 Å². The lowest BCUT2D eigenvalue weighted by molar-refractivity contribution is -0.140. The molecular formula is C11H23N3O4S. The molecule has 1 fully saturated rings. The van der Waals surface area contributed by atoms with Gasteiger partial charge in [0.15, 0.2) is 0 Å². The molecule has 0 saturated carbocycles. The van der Waals surface area contributed by atoms with Crippen LogP contribution in [0.4, 0.5) is 0 Å². The van der Waals surface area contributed by atoms with Crippen molar-refractivity contribution in [2.24, 2.45) is 0 Å². The number of hydrogen-bond donors (Lipinski definition) is 1. The number of nitrogens with one attached hydrogen (secondary N) is 1. The second kappa shape index (κ2) is 7.18. The first-order chi connectivity index (χ1) is 8.89. The fourth-order valence-electron chi connectivity index (χ4n) is 2.04. The molecule has 1 aliphatic rings. The van der Waals surface area contributed by atoms with Crippen molar-refractivity contribution in [3.05, 3.63) is 0 Å². The van der Waals surface area contributed by atoms with Gasteiger partial charge in [-0.3, -0.25) is 4.79 Å². The van der Waals surface area contributed by atoms with Gasteiger partial charge >= 0.3 is 5.97 Å². The number of nitrogens with zero attached hydrogens (tertiary/aromatic N) is 2. The van der Waals surface area contributed by atoms with Crippen molar-refractivity contribution in [2.75, 3.05) is 40.8 Å². The molecule has 0 bridgehead atoms. The third kappa shape index (κ3) is 4.41. The highest BCUT2D eigenvalue weighted by atomic mass is 32.2. The zero-order chi connectivity index (χ0) is 14.5. The van der Waals surface area contributed by atoms with Crippen molar-refractivity contribution < 1.29 is 17.9 Å². The Hall–Kier alpha value is -0.700. The Labute approximate surface area is 115 Å². The first kappa shape index (κ1) is 16.4. The van der Waals surface area contributed by atoms with E-state index in [1.807, 2.05) is 0 Å². The van der Waals surface area contributed by atoms with E-state index < -0.39 is 16.2 Å². The van der Waals surface area contributed by atoms with Gasteiger partial charge in [0, 0.05) is 26.7 Å². The molecule has 0 aromatic heterocycles. The second-order valence-corrected chi connectivity index (χ2v) is 6.75. The third-order valence-corrected chi connectivity index (χ3v) is 5.44. The van der Waals surface area contributed by atoms with E-state index in [2.05, 4.69) is 10.1 Å². The van der Waals surface area contributed by atoms with Crippen LogP contribution in [0.25, 0.3) is 0 Å². The third-order valence-electron chi connectivity index (χ3n) is 3.44. The summed E-state index contributed by atoms with van der Waals surface area (Å²) >= 11 is 0. The van der Waals surface area contributed by atoms with Gasteiger partial charge in [0.2, 0.25) is 0 Å². The molecule has 0 spiro atoms. The first-order valence-corrected chi connectivity index (χ1v) is 7.76. The number of carbonyl (C=O) groups is 1. The molecule has 0 atom stereocenters. The van der Waals surface area contributed by atoms with Gasteiger partial charge in [0.1, 0.15) is 0 Å². The van der Waals surface area contributed by atoms with Crippen molar-refractivity contribution >= 4 is 16.2 Å². The van der Waals surface area contributed by atoms with Gasteiger partial charge in [-0.2, -0.15) is 17.0 Å². The maximum Gasteiger partial charge on any atom is 0.306 e. The van der Waals surface area contributed by atoms with Crippen LogP contribution in [0.3, 0.4) is 0 Å². The van der Waals surface area contributed by atoms with E-state index in [1.54, 1.807) is 7.05 Å². The van der Waals surface area contributed by atoms with Crippen LogP contribution in [-0.4, -0.2) is 69.9 Å². The molecular weight excluding hydrogens is 270 g/mol. The zero-order valence-electron chi connectivity index (χ0n) is 11.8. The minimum atomic E-state index is -3.51. The van der Waals surface area contributed by atoms with Gasteiger partial charge in [-0.1, -0.05) is 0 Å². The van der Waals surface area contributed by atoms with Crippen LogP contribution in [0.2, 0.25) is 0 Å². The molecule has 112 valence electrons. The minimum Gasteiger partial charge on any atom is -0.469 e. The molecule has 0 aliphatic carbocycles. The summed E-state index contributed by atoms with van der Waals surface area (Å²) in [5, 5.41) is 3.20. The maximum absolute atomic E-state index is 12.3. The SMILES string of the molecule is COC(=O)CCN(C)S(=O)(=O)N(C)C1CCNCC1. The Balaban J connectivity index is 2.59. The Kier molecular flexibility index (Phi) is 6.18. The first-order valence-electron chi connectivity index (χ1n) is 6.36. The zero-order valence-corrected chi connectivity index (χ0v) is 12.6. The summed E-state index contributed by atoms with van der Waals surface area (Å²) in [6, 6.07) is 0.0202. The molecule has 8 heteroatoms. The standard InChI is InChI=1S/C11H23N3O4S/c1-13(9-6-11(15)18-3)19(16,17)14(2)10-4-7-12-8-5-10/h10,12H,4-9H2,1-3H3. The Bertz CT molecular complexity index is 393. The van der Waals surface area contributed by atoms with Crippen molar-refractivity contribution in [1.29, 1.82) is 0 Å².